The van der Waals surface area contributed by atoms with E-state index in [4.69, 9.17) is 4.74 Å². The molecule has 1 aliphatic carbocycles. The summed E-state index contributed by atoms with van der Waals surface area (Å²) in [6.07, 6.45) is 10.4. The minimum absolute atomic E-state index is 0.0590. The van der Waals surface area contributed by atoms with E-state index in [2.05, 4.69) is 24.5 Å². The third-order valence-corrected chi connectivity index (χ3v) is 4.07. The first kappa shape index (κ1) is 21.5. The summed E-state index contributed by atoms with van der Waals surface area (Å²) in [4.78, 5) is 24.0. The van der Waals surface area contributed by atoms with Crippen molar-refractivity contribution in [3.05, 3.63) is 12.2 Å². The number of carbonyl (C=O) groups excluding carboxylic acids is 2. The molecule has 0 heterocycles. The van der Waals surface area contributed by atoms with Crippen LogP contribution in [0.5, 0.6) is 0 Å². The van der Waals surface area contributed by atoms with Crippen molar-refractivity contribution in [3.8, 4) is 0 Å². The van der Waals surface area contributed by atoms with Crippen LogP contribution in [0.3, 0.4) is 0 Å². The molecule has 5 nitrogen and oxygen atoms in total. The molecule has 0 spiro atoms. The normalized spacial score (nSPS) is 17.5. The van der Waals surface area contributed by atoms with Crippen LogP contribution in [0.25, 0.3) is 0 Å². The monoisotopic (exact) mass is 352 g/mol. The molecular weight excluding hydrogens is 316 g/mol. The minimum Gasteiger partial charge on any atom is -0.444 e. The fraction of sp³-hybridized carbons (Fsp3) is 0.800. The number of hydrogen-bond donors (Lipinski definition) is 2. The molecule has 1 aliphatic rings. The molecule has 0 bridgehead atoms. The Hall–Kier alpha value is -1.52. The maximum Gasteiger partial charge on any atom is 0.408 e. The fourth-order valence-electron chi connectivity index (χ4n) is 3.03. The number of hydrogen-bond acceptors (Lipinski definition) is 3. The highest BCUT2D eigenvalue weighted by molar-refractivity contribution is 5.77. The summed E-state index contributed by atoms with van der Waals surface area (Å²) in [6, 6.07) is 0.207. The molecule has 2 amide bonds. The second-order valence-corrected chi connectivity index (χ2v) is 8.42. The second kappa shape index (κ2) is 10.5. The first-order valence-electron chi connectivity index (χ1n) is 9.61. The van der Waals surface area contributed by atoms with Crippen molar-refractivity contribution in [3.63, 3.8) is 0 Å². The van der Waals surface area contributed by atoms with Crippen molar-refractivity contribution in [1.82, 2.24) is 10.6 Å². The van der Waals surface area contributed by atoms with Crippen LogP contribution in [-0.4, -0.2) is 29.7 Å². The molecule has 1 rings (SSSR count). The molecule has 0 aromatic rings. The molecule has 0 aliphatic heterocycles. The van der Waals surface area contributed by atoms with Crippen molar-refractivity contribution in [1.29, 1.82) is 0 Å². The van der Waals surface area contributed by atoms with Crippen LogP contribution in [-0.2, 0) is 9.53 Å². The largest absolute Gasteiger partial charge is 0.444 e. The highest BCUT2D eigenvalue weighted by atomic mass is 16.6. The molecule has 1 saturated carbocycles. The topological polar surface area (TPSA) is 67.4 Å². The van der Waals surface area contributed by atoms with E-state index < -0.39 is 11.7 Å². The van der Waals surface area contributed by atoms with Crippen LogP contribution in [0, 0.1) is 5.92 Å². The molecule has 144 valence electrons. The first-order valence-corrected chi connectivity index (χ1v) is 9.61. The van der Waals surface area contributed by atoms with Gasteiger partial charge in [0.2, 0.25) is 5.91 Å². The first-order chi connectivity index (χ1) is 11.7. The fourth-order valence-corrected chi connectivity index (χ4v) is 3.03. The van der Waals surface area contributed by atoms with E-state index in [9.17, 15) is 9.59 Å². The number of ether oxygens (including phenoxy) is 1. The van der Waals surface area contributed by atoms with Gasteiger partial charge in [0.1, 0.15) is 5.60 Å². The van der Waals surface area contributed by atoms with Gasteiger partial charge < -0.3 is 15.4 Å². The van der Waals surface area contributed by atoms with Gasteiger partial charge in [0.05, 0.1) is 6.04 Å². The third kappa shape index (κ3) is 10.8. The van der Waals surface area contributed by atoms with Gasteiger partial charge in [0.25, 0.3) is 0 Å². The van der Waals surface area contributed by atoms with Gasteiger partial charge in [-0.3, -0.25) is 4.79 Å². The van der Waals surface area contributed by atoms with Crippen LogP contribution in [0.4, 0.5) is 4.79 Å². The van der Waals surface area contributed by atoms with Crippen LogP contribution in [0.15, 0.2) is 12.2 Å². The summed E-state index contributed by atoms with van der Waals surface area (Å²) in [7, 11) is 0. The molecule has 25 heavy (non-hydrogen) atoms. The summed E-state index contributed by atoms with van der Waals surface area (Å²) in [5, 5.41) is 5.98. The summed E-state index contributed by atoms with van der Waals surface area (Å²) in [5.41, 5.74) is -0.518. The van der Waals surface area contributed by atoms with E-state index in [0.717, 1.165) is 19.3 Å². The standard InChI is InChI=1S/C20H36N2O3/c1-15(2)14-17(22-19(24)25-20(3,4)5)12-9-13-18(23)21-16-10-7-6-8-11-16/h9,12,15-17H,6-8,10-11,13-14H2,1-5H3,(H,21,23)(H,22,24)/b12-9+/t17-/m1/s1. The Morgan fingerprint density at radius 1 is 1.16 bits per heavy atom. The second-order valence-electron chi connectivity index (χ2n) is 8.42. The van der Waals surface area contributed by atoms with E-state index >= 15 is 0 Å². The van der Waals surface area contributed by atoms with Crippen molar-refractivity contribution >= 4 is 12.0 Å². The number of amides is 2. The summed E-state index contributed by atoms with van der Waals surface area (Å²) < 4.78 is 5.31. The van der Waals surface area contributed by atoms with Gasteiger partial charge in [-0.1, -0.05) is 45.3 Å². The molecule has 0 radical (unpaired) electrons. The Morgan fingerprint density at radius 3 is 2.36 bits per heavy atom. The lowest BCUT2D eigenvalue weighted by Gasteiger charge is -2.23. The summed E-state index contributed by atoms with van der Waals surface area (Å²) in [5.74, 6) is 0.490. The maximum absolute atomic E-state index is 12.1. The Kier molecular flexibility index (Phi) is 9.01. The van der Waals surface area contributed by atoms with Crippen LogP contribution >= 0.6 is 0 Å². The quantitative estimate of drug-likeness (QED) is 0.671. The zero-order valence-corrected chi connectivity index (χ0v) is 16.6. The lowest BCUT2D eigenvalue weighted by molar-refractivity contribution is -0.121. The van der Waals surface area contributed by atoms with Gasteiger partial charge in [-0.25, -0.2) is 4.79 Å². The molecule has 0 aromatic carbocycles. The molecule has 2 N–H and O–H groups in total. The van der Waals surface area contributed by atoms with Crippen LogP contribution < -0.4 is 10.6 Å². The average Bonchev–Trinajstić information content (AvgIpc) is 2.45. The molecule has 0 saturated heterocycles. The number of nitrogens with one attached hydrogen (secondary N) is 2. The SMILES string of the molecule is CC(C)C[C@@H](/C=C/CC(=O)NC1CCCCC1)NC(=O)OC(C)(C)C. The van der Waals surface area contributed by atoms with Gasteiger partial charge in [0, 0.05) is 12.5 Å². The molecular formula is C20H36N2O3. The van der Waals surface area contributed by atoms with E-state index in [-0.39, 0.29) is 11.9 Å². The van der Waals surface area contributed by atoms with Gasteiger partial charge in [-0.15, -0.1) is 0 Å². The summed E-state index contributed by atoms with van der Waals surface area (Å²) >= 11 is 0. The van der Waals surface area contributed by atoms with E-state index in [1.807, 2.05) is 32.9 Å². The van der Waals surface area contributed by atoms with Crippen LogP contribution in [0.1, 0.15) is 79.6 Å². The van der Waals surface area contributed by atoms with Crippen molar-refractivity contribution in [2.24, 2.45) is 5.92 Å². The van der Waals surface area contributed by atoms with Crippen LogP contribution in [0.2, 0.25) is 0 Å². The molecule has 1 atom stereocenters. The van der Waals surface area contributed by atoms with Crippen molar-refractivity contribution in [2.75, 3.05) is 0 Å². The zero-order valence-electron chi connectivity index (χ0n) is 16.6. The highest BCUT2D eigenvalue weighted by Gasteiger charge is 2.19. The Morgan fingerprint density at radius 2 is 1.80 bits per heavy atom. The van der Waals surface area contributed by atoms with Gasteiger partial charge >= 0.3 is 6.09 Å². The lowest BCUT2D eigenvalue weighted by atomic mass is 9.95. The number of rotatable bonds is 7. The molecule has 0 unspecified atom stereocenters. The Balaban J connectivity index is 2.45. The van der Waals surface area contributed by atoms with Gasteiger partial charge in [-0.2, -0.15) is 0 Å². The van der Waals surface area contributed by atoms with Gasteiger partial charge in [-0.05, 0) is 46.0 Å². The molecule has 0 aromatic heterocycles. The van der Waals surface area contributed by atoms with E-state index in [0.29, 0.717) is 18.4 Å². The lowest BCUT2D eigenvalue weighted by Crippen LogP contribution is -2.39. The minimum atomic E-state index is -0.518. The zero-order chi connectivity index (χ0) is 18.9. The predicted molar refractivity (Wildman–Crippen MR) is 101 cm³/mol. The highest BCUT2D eigenvalue weighted by Crippen LogP contribution is 2.17. The molecule has 1 fully saturated rings. The van der Waals surface area contributed by atoms with Gasteiger partial charge in [0.15, 0.2) is 0 Å². The van der Waals surface area contributed by atoms with Crippen molar-refractivity contribution < 1.29 is 14.3 Å². The number of alkyl carbamates (subject to hydrolysis) is 1. The van der Waals surface area contributed by atoms with E-state index in [1.54, 1.807) is 0 Å². The Bertz CT molecular complexity index is 446. The van der Waals surface area contributed by atoms with Crippen molar-refractivity contribution in [2.45, 2.75) is 97.2 Å². The Labute approximate surface area is 153 Å². The predicted octanol–water partition coefficient (Wildman–Crippen LogP) is 4.32. The molecule has 5 heteroatoms. The maximum atomic E-state index is 12.1. The number of carbonyl (C=O) groups is 2. The summed E-state index contributed by atoms with van der Waals surface area (Å²) in [6.45, 7) is 9.74. The average molecular weight is 353 g/mol. The third-order valence-electron chi connectivity index (χ3n) is 4.07. The van der Waals surface area contributed by atoms with E-state index in [1.165, 1.54) is 19.3 Å². The smallest absolute Gasteiger partial charge is 0.408 e.